The molecule has 15 nitrogen and oxygen atoms in total. The van der Waals surface area contributed by atoms with Gasteiger partial charge in [0.2, 0.25) is 8.03 Å². The van der Waals surface area contributed by atoms with Gasteiger partial charge in [-0.1, -0.05) is 50.2 Å². The number of anilines is 2. The lowest BCUT2D eigenvalue weighted by atomic mass is 10.1. The van der Waals surface area contributed by atoms with Gasteiger partial charge in [-0.25, -0.2) is 13.1 Å². The predicted octanol–water partition coefficient (Wildman–Crippen LogP) is 7.44. The molecule has 0 aliphatic rings. The molecule has 0 radical (unpaired) electrons. The van der Waals surface area contributed by atoms with Gasteiger partial charge in [0.1, 0.15) is 17.4 Å². The largest absolute Gasteiger partial charge is 0.504 e. The zero-order valence-electron chi connectivity index (χ0n) is 33.0. The minimum Gasteiger partial charge on any atom is -0.504 e. The number of amides is 2. The molecule has 3 unspecified atom stereocenters. The molecule has 320 valence electrons. The lowest BCUT2D eigenvalue weighted by Crippen LogP contribution is -2.44. The van der Waals surface area contributed by atoms with Crippen LogP contribution in [0.2, 0.25) is 0 Å². The zero-order chi connectivity index (χ0) is 43.8. The summed E-state index contributed by atoms with van der Waals surface area (Å²) in [6.07, 6.45) is 0.146. The number of carbonyl (C=O) groups is 2. The van der Waals surface area contributed by atoms with E-state index in [1.54, 1.807) is 72.8 Å². The number of aromatic hydroxyl groups is 4. The molecule has 0 saturated carbocycles. The Morgan fingerprint density at radius 2 is 1.13 bits per heavy atom. The van der Waals surface area contributed by atoms with Crippen molar-refractivity contribution in [2.45, 2.75) is 43.0 Å². The Morgan fingerprint density at radius 1 is 0.672 bits per heavy atom. The number of thiophene rings is 1. The Morgan fingerprint density at radius 3 is 1.56 bits per heavy atom. The van der Waals surface area contributed by atoms with Gasteiger partial charge in [0.25, 0.3) is 21.8 Å². The molecule has 61 heavy (non-hydrogen) atoms. The van der Waals surface area contributed by atoms with Gasteiger partial charge in [-0.3, -0.25) is 14.2 Å². The summed E-state index contributed by atoms with van der Waals surface area (Å²) in [5.74, 6) is -2.28. The van der Waals surface area contributed by atoms with Crippen LogP contribution in [-0.4, -0.2) is 77.1 Å². The highest BCUT2D eigenvalue weighted by Gasteiger charge is 2.30. The number of hydrogen-bond donors (Lipinski definition) is 6. The van der Waals surface area contributed by atoms with E-state index in [-0.39, 0.29) is 51.5 Å². The van der Waals surface area contributed by atoms with Gasteiger partial charge in [0.15, 0.2) is 34.5 Å². The van der Waals surface area contributed by atoms with Crippen LogP contribution in [0.5, 0.6) is 34.5 Å². The van der Waals surface area contributed by atoms with Crippen molar-refractivity contribution in [3.63, 3.8) is 0 Å². The summed E-state index contributed by atoms with van der Waals surface area (Å²) in [6.45, 7) is 3.54. The Balaban J connectivity index is 1.37. The number of sulfonamides is 1. The standard InChI is InChI=1S/C43H44N3O12PS2/c1-3-30(45(32-11-7-5-8-12-32)42(51)27-15-17-34(47)36(49)19-27)24-57-38-21-29-22-41(61(55,56)44-26-59(53)54)60-40(29)23-39(38)58-25-31(4-2)46(33-13-9-6-10-14-33)43(52)28-16-18-35(48)37(50)20-28/h5-23,30-31,44,47-50,59H,3-4,24-26H2,1-2H3,(H,53,54). The monoisotopic (exact) mass is 889 g/mol. The highest BCUT2D eigenvalue weighted by Crippen LogP contribution is 2.39. The van der Waals surface area contributed by atoms with Crippen LogP contribution < -0.4 is 24.0 Å². The Kier molecular flexibility index (Phi) is 14.2. The van der Waals surface area contributed by atoms with Gasteiger partial charge >= 0.3 is 0 Å². The number of benzene rings is 5. The molecule has 18 heteroatoms. The molecule has 6 rings (SSSR count). The molecule has 1 aromatic heterocycles. The second-order valence-corrected chi connectivity index (χ2v) is 18.0. The van der Waals surface area contributed by atoms with Crippen molar-refractivity contribution >= 4 is 62.7 Å². The van der Waals surface area contributed by atoms with E-state index in [0.29, 0.717) is 34.3 Å². The first-order valence-corrected chi connectivity index (χ1v) is 22.9. The lowest BCUT2D eigenvalue weighted by molar-refractivity contribution is 0.0954. The minimum atomic E-state index is -4.17. The number of nitrogens with zero attached hydrogens (tertiary/aromatic N) is 2. The Bertz CT molecular complexity index is 2490. The van der Waals surface area contributed by atoms with Crippen molar-refractivity contribution < 1.29 is 57.4 Å². The third-order valence-corrected chi connectivity index (χ3v) is 13.4. The second kappa shape index (κ2) is 19.5. The van der Waals surface area contributed by atoms with Gasteiger partial charge in [-0.05, 0) is 91.0 Å². The number of ether oxygens (including phenoxy) is 2. The zero-order valence-corrected chi connectivity index (χ0v) is 35.6. The van der Waals surface area contributed by atoms with Crippen LogP contribution in [0, 0.1) is 0 Å². The van der Waals surface area contributed by atoms with E-state index in [4.69, 9.17) is 9.47 Å². The first-order chi connectivity index (χ1) is 29.2. The van der Waals surface area contributed by atoms with E-state index < -0.39 is 59.7 Å². The summed E-state index contributed by atoms with van der Waals surface area (Å²) in [5.41, 5.74) is 1.29. The highest BCUT2D eigenvalue weighted by atomic mass is 32.2. The van der Waals surface area contributed by atoms with Gasteiger partial charge in [0, 0.05) is 33.3 Å². The normalized spacial score (nSPS) is 13.0. The quantitative estimate of drug-likeness (QED) is 0.0366. The number of phenolic OH excluding ortho intramolecular Hbond substituents is 4. The molecule has 3 atom stereocenters. The fourth-order valence-electron chi connectivity index (χ4n) is 6.49. The first kappa shape index (κ1) is 44.5. The van der Waals surface area contributed by atoms with E-state index >= 15 is 0 Å². The van der Waals surface area contributed by atoms with Crippen molar-refractivity contribution in [2.75, 3.05) is 29.3 Å². The summed E-state index contributed by atoms with van der Waals surface area (Å²) in [5, 5.41) is 40.7. The first-order valence-electron chi connectivity index (χ1n) is 19.1. The third-order valence-electron chi connectivity index (χ3n) is 9.72. The smallest absolute Gasteiger partial charge is 0.258 e. The fraction of sp³-hybridized carbons (Fsp3) is 0.209. The lowest BCUT2D eigenvalue weighted by Gasteiger charge is -2.32. The Hall–Kier alpha value is -6.10. The van der Waals surface area contributed by atoms with Crippen LogP contribution in [0.4, 0.5) is 11.4 Å². The number of carbonyl (C=O) groups excluding carboxylic acids is 2. The summed E-state index contributed by atoms with van der Waals surface area (Å²) in [4.78, 5) is 40.6. The minimum absolute atomic E-state index is 0.0951. The molecular weight excluding hydrogens is 846 g/mol. The molecule has 5 aromatic carbocycles. The van der Waals surface area contributed by atoms with E-state index in [0.717, 1.165) is 11.3 Å². The van der Waals surface area contributed by atoms with Crippen molar-refractivity contribution in [1.29, 1.82) is 0 Å². The molecule has 0 aliphatic heterocycles. The van der Waals surface area contributed by atoms with Crippen molar-refractivity contribution in [2.24, 2.45) is 0 Å². The topological polar surface area (TPSA) is 223 Å². The maximum atomic E-state index is 14.1. The molecule has 0 saturated heterocycles. The average molecular weight is 890 g/mol. The van der Waals surface area contributed by atoms with Gasteiger partial charge < -0.3 is 44.6 Å². The van der Waals surface area contributed by atoms with Crippen LogP contribution in [-0.2, 0) is 14.6 Å². The third kappa shape index (κ3) is 10.4. The number of rotatable bonds is 18. The molecule has 6 aromatic rings. The van der Waals surface area contributed by atoms with Crippen LogP contribution in [0.3, 0.4) is 0 Å². The SMILES string of the molecule is CCC(COc1cc2cc(S(=O)(=O)NC[PH](=O)O)sc2cc1OCC(CC)N(C(=O)c1ccc(O)c(O)c1)c1ccccc1)N(C(=O)c1ccc(O)c(O)c1)c1ccccc1. The molecule has 0 aliphatic carbocycles. The van der Waals surface area contributed by atoms with E-state index in [1.165, 1.54) is 52.3 Å². The predicted molar refractivity (Wildman–Crippen MR) is 233 cm³/mol. The molecule has 0 spiro atoms. The van der Waals surface area contributed by atoms with Crippen molar-refractivity contribution in [1.82, 2.24) is 4.72 Å². The molecule has 0 fully saturated rings. The second-order valence-electron chi connectivity index (χ2n) is 13.8. The Labute approximate surface area is 356 Å². The van der Waals surface area contributed by atoms with Gasteiger partial charge in [-0.15, -0.1) is 11.3 Å². The van der Waals surface area contributed by atoms with Gasteiger partial charge in [-0.2, -0.15) is 0 Å². The molecule has 0 bridgehead atoms. The molecule has 1 heterocycles. The van der Waals surface area contributed by atoms with E-state index in [2.05, 4.69) is 4.72 Å². The maximum absolute atomic E-state index is 14.1. The van der Waals surface area contributed by atoms with Crippen molar-refractivity contribution in [3.8, 4) is 34.5 Å². The van der Waals surface area contributed by atoms with E-state index in [1.807, 2.05) is 13.8 Å². The van der Waals surface area contributed by atoms with Crippen LogP contribution in [0.1, 0.15) is 47.4 Å². The summed E-state index contributed by atoms with van der Waals surface area (Å²) in [6, 6.07) is 28.6. The average Bonchev–Trinajstić information content (AvgIpc) is 3.69. The number of hydrogen-bond acceptors (Lipinski definition) is 12. The van der Waals surface area contributed by atoms with Crippen LogP contribution in [0.25, 0.3) is 10.1 Å². The number of fused-ring (bicyclic) bond motifs is 1. The number of phenols is 4. The molecular formula is C43H44N3O12PS2. The summed E-state index contributed by atoms with van der Waals surface area (Å²) >= 11 is 0.903. The van der Waals surface area contributed by atoms with Crippen molar-refractivity contribution in [3.05, 3.63) is 126 Å². The molecule has 2 amide bonds. The number of nitrogens with one attached hydrogen (secondary N) is 1. The summed E-state index contributed by atoms with van der Waals surface area (Å²) < 4.78 is 53.1. The highest BCUT2D eigenvalue weighted by molar-refractivity contribution is 7.92. The van der Waals surface area contributed by atoms with E-state index in [9.17, 15) is 47.9 Å². The fourth-order valence-corrected chi connectivity index (χ4v) is 9.85. The van der Waals surface area contributed by atoms with Gasteiger partial charge in [0.05, 0.1) is 18.4 Å². The van der Waals surface area contributed by atoms with Crippen LogP contribution in [0.15, 0.2) is 119 Å². The molecule has 6 N–H and O–H groups in total. The maximum Gasteiger partial charge on any atom is 0.258 e. The van der Waals surface area contributed by atoms with Crippen LogP contribution >= 0.6 is 19.4 Å². The number of para-hydroxylation sites is 2. The summed E-state index contributed by atoms with van der Waals surface area (Å²) in [7, 11) is -7.31.